The summed E-state index contributed by atoms with van der Waals surface area (Å²) in [5.74, 6) is 1.61. The Morgan fingerprint density at radius 1 is 1.12 bits per heavy atom. The fourth-order valence-electron chi connectivity index (χ4n) is 3.14. The van der Waals surface area contributed by atoms with Crippen LogP contribution in [-0.2, 0) is 0 Å². The summed E-state index contributed by atoms with van der Waals surface area (Å²) in [5, 5.41) is 4.59. The molecule has 1 fully saturated rings. The molecule has 0 spiro atoms. The van der Waals surface area contributed by atoms with E-state index in [1.807, 2.05) is 6.92 Å². The van der Waals surface area contributed by atoms with Crippen molar-refractivity contribution >= 4 is 5.69 Å². The van der Waals surface area contributed by atoms with Crippen LogP contribution in [0.5, 0.6) is 0 Å². The molecule has 0 radical (unpaired) electrons. The van der Waals surface area contributed by atoms with Crippen LogP contribution in [0, 0.1) is 25.7 Å². The van der Waals surface area contributed by atoms with Gasteiger partial charge in [-0.15, -0.1) is 0 Å². The van der Waals surface area contributed by atoms with Gasteiger partial charge in [0, 0.05) is 0 Å². The highest BCUT2D eigenvalue weighted by Crippen LogP contribution is 2.37. The molecule has 0 saturated heterocycles. The number of rotatable bonds is 1. The lowest BCUT2D eigenvalue weighted by Crippen LogP contribution is -2.24. The molecule has 1 aromatic rings. The third-order valence-electron chi connectivity index (χ3n) is 3.88. The summed E-state index contributed by atoms with van der Waals surface area (Å²) in [6.07, 6.45) is 3.84. The minimum absolute atomic E-state index is 0.551. The maximum atomic E-state index is 6.00. The monoisotopic (exact) mass is 221 g/mol. The fourth-order valence-corrected chi connectivity index (χ4v) is 3.14. The number of aromatic nitrogens is 2. The van der Waals surface area contributed by atoms with Gasteiger partial charge in [-0.3, -0.25) is 4.68 Å². The minimum Gasteiger partial charge on any atom is -0.396 e. The predicted octanol–water partition coefficient (Wildman–Crippen LogP) is 3.08. The van der Waals surface area contributed by atoms with Crippen LogP contribution in [0.1, 0.15) is 50.5 Å². The van der Waals surface area contributed by atoms with Gasteiger partial charge in [-0.2, -0.15) is 5.10 Å². The first-order valence-corrected chi connectivity index (χ1v) is 6.30. The van der Waals surface area contributed by atoms with Gasteiger partial charge in [0.05, 0.1) is 23.1 Å². The van der Waals surface area contributed by atoms with Gasteiger partial charge in [-0.25, -0.2) is 0 Å². The Balaban J connectivity index is 2.26. The average molecular weight is 221 g/mol. The number of nitrogen functional groups attached to an aromatic ring is 1. The minimum atomic E-state index is 0.551. The van der Waals surface area contributed by atoms with Crippen LogP contribution >= 0.6 is 0 Å². The molecular formula is C13H23N3. The van der Waals surface area contributed by atoms with Crippen molar-refractivity contribution < 1.29 is 0 Å². The van der Waals surface area contributed by atoms with Crippen molar-refractivity contribution in [1.82, 2.24) is 9.78 Å². The van der Waals surface area contributed by atoms with Crippen molar-refractivity contribution in [2.45, 2.75) is 53.0 Å². The highest BCUT2D eigenvalue weighted by atomic mass is 15.3. The highest BCUT2D eigenvalue weighted by Gasteiger charge is 2.27. The molecule has 0 aliphatic heterocycles. The van der Waals surface area contributed by atoms with Crippen LogP contribution in [0.3, 0.4) is 0 Å². The SMILES string of the molecule is Cc1nn(C2CC(C)CC(C)C2)c(C)c1N. The molecule has 2 atom stereocenters. The van der Waals surface area contributed by atoms with Crippen LogP contribution in [0.4, 0.5) is 5.69 Å². The zero-order valence-electron chi connectivity index (χ0n) is 10.8. The first kappa shape index (κ1) is 11.5. The smallest absolute Gasteiger partial charge is 0.0826 e. The summed E-state index contributed by atoms with van der Waals surface area (Å²) < 4.78 is 2.16. The molecule has 16 heavy (non-hydrogen) atoms. The molecule has 0 bridgehead atoms. The van der Waals surface area contributed by atoms with Gasteiger partial charge in [-0.1, -0.05) is 13.8 Å². The molecule has 1 aliphatic rings. The lowest BCUT2D eigenvalue weighted by molar-refractivity contribution is 0.207. The van der Waals surface area contributed by atoms with Crippen molar-refractivity contribution in [3.8, 4) is 0 Å². The molecular weight excluding hydrogens is 198 g/mol. The van der Waals surface area contributed by atoms with E-state index in [2.05, 4.69) is 30.6 Å². The van der Waals surface area contributed by atoms with Gasteiger partial charge in [0.1, 0.15) is 0 Å². The second-order valence-electron chi connectivity index (χ2n) is 5.60. The van der Waals surface area contributed by atoms with Gasteiger partial charge in [-0.05, 0) is 44.9 Å². The van der Waals surface area contributed by atoms with Crippen molar-refractivity contribution in [3.63, 3.8) is 0 Å². The zero-order valence-corrected chi connectivity index (χ0v) is 10.8. The Kier molecular flexibility index (Phi) is 2.96. The number of nitrogens with two attached hydrogens (primary N) is 1. The van der Waals surface area contributed by atoms with Crippen molar-refractivity contribution in [3.05, 3.63) is 11.4 Å². The van der Waals surface area contributed by atoms with E-state index in [0.717, 1.165) is 28.9 Å². The topological polar surface area (TPSA) is 43.8 Å². The van der Waals surface area contributed by atoms with Gasteiger partial charge in [0.2, 0.25) is 0 Å². The molecule has 3 nitrogen and oxygen atoms in total. The molecule has 2 unspecified atom stereocenters. The summed E-state index contributed by atoms with van der Waals surface area (Å²) in [6, 6.07) is 0.551. The standard InChI is InChI=1S/C13H23N3/c1-8-5-9(2)7-12(6-8)16-11(4)13(14)10(3)15-16/h8-9,12H,5-7,14H2,1-4H3. The first-order chi connectivity index (χ1) is 7.49. The molecule has 0 aromatic carbocycles. The van der Waals surface area contributed by atoms with E-state index in [0.29, 0.717) is 6.04 Å². The van der Waals surface area contributed by atoms with E-state index < -0.39 is 0 Å². The van der Waals surface area contributed by atoms with Crippen LogP contribution in [0.25, 0.3) is 0 Å². The highest BCUT2D eigenvalue weighted by molar-refractivity contribution is 5.47. The molecule has 1 saturated carbocycles. The molecule has 3 heteroatoms. The van der Waals surface area contributed by atoms with Gasteiger partial charge >= 0.3 is 0 Å². The Morgan fingerprint density at radius 2 is 1.69 bits per heavy atom. The molecule has 1 aliphatic carbocycles. The lowest BCUT2D eigenvalue weighted by Gasteiger charge is -2.32. The van der Waals surface area contributed by atoms with Gasteiger partial charge in [0.15, 0.2) is 0 Å². The van der Waals surface area contributed by atoms with Gasteiger partial charge in [0.25, 0.3) is 0 Å². The van der Waals surface area contributed by atoms with E-state index in [1.165, 1.54) is 19.3 Å². The summed E-state index contributed by atoms with van der Waals surface area (Å²) in [7, 11) is 0. The van der Waals surface area contributed by atoms with E-state index in [-0.39, 0.29) is 0 Å². The second-order valence-corrected chi connectivity index (χ2v) is 5.60. The zero-order chi connectivity index (χ0) is 11.9. The van der Waals surface area contributed by atoms with Crippen LogP contribution in [-0.4, -0.2) is 9.78 Å². The van der Waals surface area contributed by atoms with Crippen LogP contribution in [0.15, 0.2) is 0 Å². The fraction of sp³-hybridized carbons (Fsp3) is 0.769. The molecule has 90 valence electrons. The summed E-state index contributed by atoms with van der Waals surface area (Å²) >= 11 is 0. The first-order valence-electron chi connectivity index (χ1n) is 6.30. The lowest BCUT2D eigenvalue weighted by atomic mass is 9.80. The Morgan fingerprint density at radius 3 is 2.12 bits per heavy atom. The average Bonchev–Trinajstić information content (AvgIpc) is 2.44. The quantitative estimate of drug-likeness (QED) is 0.792. The Bertz CT molecular complexity index is 371. The van der Waals surface area contributed by atoms with Crippen LogP contribution < -0.4 is 5.73 Å². The molecule has 0 amide bonds. The maximum absolute atomic E-state index is 6.00. The summed E-state index contributed by atoms with van der Waals surface area (Å²) in [5.41, 5.74) is 8.98. The van der Waals surface area contributed by atoms with E-state index in [9.17, 15) is 0 Å². The van der Waals surface area contributed by atoms with Gasteiger partial charge < -0.3 is 5.73 Å². The normalized spacial score (nSPS) is 30.6. The molecule has 2 N–H and O–H groups in total. The van der Waals surface area contributed by atoms with Crippen molar-refractivity contribution in [2.24, 2.45) is 11.8 Å². The second kappa shape index (κ2) is 4.11. The number of nitrogens with zero attached hydrogens (tertiary/aromatic N) is 2. The third-order valence-corrected chi connectivity index (χ3v) is 3.88. The molecule has 2 rings (SSSR count). The number of anilines is 1. The third kappa shape index (κ3) is 1.95. The van der Waals surface area contributed by atoms with E-state index in [4.69, 9.17) is 5.73 Å². The predicted molar refractivity (Wildman–Crippen MR) is 67.3 cm³/mol. The summed E-state index contributed by atoms with van der Waals surface area (Å²) in [6.45, 7) is 8.77. The molecule has 1 heterocycles. The van der Waals surface area contributed by atoms with Crippen molar-refractivity contribution in [1.29, 1.82) is 0 Å². The maximum Gasteiger partial charge on any atom is 0.0826 e. The van der Waals surface area contributed by atoms with E-state index >= 15 is 0 Å². The largest absolute Gasteiger partial charge is 0.396 e. The Hall–Kier alpha value is -0.990. The molecule has 1 aromatic heterocycles. The summed E-state index contributed by atoms with van der Waals surface area (Å²) in [4.78, 5) is 0. The van der Waals surface area contributed by atoms with Crippen LogP contribution in [0.2, 0.25) is 0 Å². The van der Waals surface area contributed by atoms with E-state index in [1.54, 1.807) is 0 Å². The Labute approximate surface area is 98.0 Å². The number of aryl methyl sites for hydroxylation is 1. The van der Waals surface area contributed by atoms with Crippen molar-refractivity contribution in [2.75, 3.05) is 5.73 Å². The number of hydrogen-bond acceptors (Lipinski definition) is 2. The number of hydrogen-bond donors (Lipinski definition) is 1.